The first-order valence-electron chi connectivity index (χ1n) is 8.13. The number of carboxylic acid groups (broad SMARTS) is 1. The fraction of sp³-hybridized carbons (Fsp3) is 0.190. The fourth-order valence-corrected chi connectivity index (χ4v) is 3.59. The Kier molecular flexibility index (Phi) is 5.19. The molecule has 1 aromatic heterocycles. The van der Waals surface area contributed by atoms with Crippen molar-refractivity contribution < 1.29 is 14.6 Å². The van der Waals surface area contributed by atoms with Crippen molar-refractivity contribution in [3.63, 3.8) is 0 Å². The number of aliphatic carboxylic acids is 1. The number of benzene rings is 2. The summed E-state index contributed by atoms with van der Waals surface area (Å²) in [6, 6.07) is 17.5. The Balaban J connectivity index is 1.72. The lowest BCUT2D eigenvalue weighted by Crippen LogP contribution is -2.13. The molecular formula is C21H20O3S. The van der Waals surface area contributed by atoms with E-state index in [0.717, 1.165) is 27.5 Å². The quantitative estimate of drug-likeness (QED) is 0.631. The van der Waals surface area contributed by atoms with Gasteiger partial charge in [-0.15, -0.1) is 11.3 Å². The van der Waals surface area contributed by atoms with Crippen molar-refractivity contribution in [3.8, 4) is 11.5 Å². The summed E-state index contributed by atoms with van der Waals surface area (Å²) >= 11 is 1.48. The van der Waals surface area contributed by atoms with Crippen molar-refractivity contribution in [3.05, 3.63) is 81.5 Å². The molecule has 1 heterocycles. The van der Waals surface area contributed by atoms with Gasteiger partial charge in [-0.3, -0.25) is 4.79 Å². The summed E-state index contributed by atoms with van der Waals surface area (Å²) in [7, 11) is 0. The van der Waals surface area contributed by atoms with Crippen molar-refractivity contribution in [1.29, 1.82) is 0 Å². The summed E-state index contributed by atoms with van der Waals surface area (Å²) in [5.41, 5.74) is 3.27. The van der Waals surface area contributed by atoms with Crippen LogP contribution in [0.1, 0.15) is 27.5 Å². The average Bonchev–Trinajstić information content (AvgIpc) is 3.10. The molecule has 0 amide bonds. The number of rotatable bonds is 6. The van der Waals surface area contributed by atoms with Gasteiger partial charge in [0.25, 0.3) is 0 Å². The largest absolute Gasteiger partial charge is 0.481 e. The second-order valence-electron chi connectivity index (χ2n) is 6.13. The van der Waals surface area contributed by atoms with Crippen molar-refractivity contribution in [2.75, 3.05) is 0 Å². The van der Waals surface area contributed by atoms with E-state index < -0.39 is 11.9 Å². The van der Waals surface area contributed by atoms with Crippen molar-refractivity contribution in [1.82, 2.24) is 0 Å². The minimum atomic E-state index is -0.793. The second-order valence-corrected chi connectivity index (χ2v) is 7.10. The van der Waals surface area contributed by atoms with Gasteiger partial charge in [0.2, 0.25) is 0 Å². The Morgan fingerprint density at radius 1 is 1.12 bits per heavy atom. The first kappa shape index (κ1) is 17.2. The van der Waals surface area contributed by atoms with Gasteiger partial charge in [-0.2, -0.15) is 0 Å². The monoisotopic (exact) mass is 352 g/mol. The van der Waals surface area contributed by atoms with Crippen LogP contribution in [-0.4, -0.2) is 11.1 Å². The van der Waals surface area contributed by atoms with Gasteiger partial charge in [-0.25, -0.2) is 0 Å². The predicted molar refractivity (Wildman–Crippen MR) is 101 cm³/mol. The van der Waals surface area contributed by atoms with Crippen LogP contribution < -0.4 is 4.74 Å². The Morgan fingerprint density at radius 3 is 2.48 bits per heavy atom. The van der Waals surface area contributed by atoms with Crippen LogP contribution in [0.25, 0.3) is 0 Å². The molecule has 1 unspecified atom stereocenters. The predicted octanol–water partition coefficient (Wildman–Crippen LogP) is 5.57. The Hall–Kier alpha value is -2.59. The van der Waals surface area contributed by atoms with Gasteiger partial charge < -0.3 is 9.84 Å². The fourth-order valence-electron chi connectivity index (χ4n) is 2.77. The van der Waals surface area contributed by atoms with Gasteiger partial charge in [0.1, 0.15) is 11.5 Å². The standard InChI is InChI=1S/C21H20O3S/c1-14-5-10-19(15(2)12-14)24-17-8-6-16(7-9-17)13-18(21(22)23)20-4-3-11-25-20/h3-12,18H,13H2,1-2H3,(H,22,23). The zero-order valence-corrected chi connectivity index (χ0v) is 15.0. The number of carboxylic acids is 1. The summed E-state index contributed by atoms with van der Waals surface area (Å²) in [4.78, 5) is 12.4. The van der Waals surface area contributed by atoms with Crippen LogP contribution in [0, 0.1) is 13.8 Å². The van der Waals surface area contributed by atoms with E-state index >= 15 is 0 Å². The zero-order chi connectivity index (χ0) is 17.8. The molecule has 0 spiro atoms. The molecule has 1 N–H and O–H groups in total. The maximum Gasteiger partial charge on any atom is 0.312 e. The van der Waals surface area contributed by atoms with E-state index in [-0.39, 0.29) is 0 Å². The van der Waals surface area contributed by atoms with Gasteiger partial charge in [0.15, 0.2) is 0 Å². The highest BCUT2D eigenvalue weighted by atomic mass is 32.1. The second kappa shape index (κ2) is 7.53. The molecule has 0 fully saturated rings. The third-order valence-electron chi connectivity index (χ3n) is 4.11. The molecule has 0 saturated heterocycles. The van der Waals surface area contributed by atoms with Crippen LogP contribution in [0.5, 0.6) is 11.5 Å². The molecule has 3 rings (SSSR count). The minimum absolute atomic E-state index is 0.472. The summed E-state index contributed by atoms with van der Waals surface area (Å²) in [5.74, 6) is 0.281. The normalized spacial score (nSPS) is 11.9. The number of thiophene rings is 1. The molecule has 0 aliphatic rings. The molecule has 4 heteroatoms. The lowest BCUT2D eigenvalue weighted by atomic mass is 9.98. The van der Waals surface area contributed by atoms with E-state index in [4.69, 9.17) is 4.74 Å². The van der Waals surface area contributed by atoms with Gasteiger partial charge >= 0.3 is 5.97 Å². The maximum absolute atomic E-state index is 11.6. The van der Waals surface area contributed by atoms with Gasteiger partial charge in [0, 0.05) is 4.88 Å². The van der Waals surface area contributed by atoms with Crippen molar-refractivity contribution in [2.45, 2.75) is 26.2 Å². The molecule has 1 atom stereocenters. The van der Waals surface area contributed by atoms with Crippen LogP contribution in [0.4, 0.5) is 0 Å². The summed E-state index contributed by atoms with van der Waals surface area (Å²) in [6.07, 6.45) is 0.472. The first-order chi connectivity index (χ1) is 12.0. The SMILES string of the molecule is Cc1ccc(Oc2ccc(CC(C(=O)O)c3cccs3)cc2)c(C)c1. The molecule has 0 bridgehead atoms. The van der Waals surface area contributed by atoms with Crippen molar-refractivity contribution >= 4 is 17.3 Å². The highest BCUT2D eigenvalue weighted by molar-refractivity contribution is 7.10. The molecule has 0 radical (unpaired) electrons. The van der Waals surface area contributed by atoms with Crippen LogP contribution in [0.3, 0.4) is 0 Å². The highest BCUT2D eigenvalue weighted by Crippen LogP contribution is 2.28. The third kappa shape index (κ3) is 4.28. The van der Waals surface area contributed by atoms with E-state index in [2.05, 4.69) is 13.0 Å². The molecule has 0 aliphatic heterocycles. The lowest BCUT2D eigenvalue weighted by molar-refractivity contribution is -0.138. The molecule has 0 aliphatic carbocycles. The molecule has 25 heavy (non-hydrogen) atoms. The summed E-state index contributed by atoms with van der Waals surface area (Å²) < 4.78 is 5.93. The van der Waals surface area contributed by atoms with E-state index in [1.165, 1.54) is 16.9 Å². The van der Waals surface area contributed by atoms with Crippen LogP contribution in [0.2, 0.25) is 0 Å². The van der Waals surface area contributed by atoms with Crippen LogP contribution in [-0.2, 0) is 11.2 Å². The molecule has 0 saturated carbocycles. The number of hydrogen-bond acceptors (Lipinski definition) is 3. The topological polar surface area (TPSA) is 46.5 Å². The van der Waals surface area contributed by atoms with E-state index in [1.54, 1.807) is 0 Å². The Bertz CT molecular complexity index is 851. The Labute approximate surface area is 151 Å². The van der Waals surface area contributed by atoms with Crippen molar-refractivity contribution in [2.24, 2.45) is 0 Å². The Morgan fingerprint density at radius 2 is 1.88 bits per heavy atom. The molecule has 3 aromatic rings. The van der Waals surface area contributed by atoms with Crippen LogP contribution in [0.15, 0.2) is 60.0 Å². The van der Waals surface area contributed by atoms with Gasteiger partial charge in [0.05, 0.1) is 5.92 Å². The first-order valence-corrected chi connectivity index (χ1v) is 9.01. The number of carbonyl (C=O) groups is 1. The number of aryl methyl sites for hydroxylation is 2. The highest BCUT2D eigenvalue weighted by Gasteiger charge is 2.21. The van der Waals surface area contributed by atoms with Crippen LogP contribution >= 0.6 is 11.3 Å². The molecular weight excluding hydrogens is 332 g/mol. The van der Waals surface area contributed by atoms with Gasteiger partial charge in [-0.1, -0.05) is 35.9 Å². The number of ether oxygens (including phenoxy) is 1. The zero-order valence-electron chi connectivity index (χ0n) is 14.2. The molecule has 128 valence electrons. The molecule has 3 nitrogen and oxygen atoms in total. The minimum Gasteiger partial charge on any atom is -0.481 e. The molecule has 2 aromatic carbocycles. The van der Waals surface area contributed by atoms with Gasteiger partial charge in [-0.05, 0) is 61.0 Å². The lowest BCUT2D eigenvalue weighted by Gasteiger charge is -2.12. The smallest absolute Gasteiger partial charge is 0.312 e. The van der Waals surface area contributed by atoms with E-state index in [0.29, 0.717) is 6.42 Å². The number of hydrogen-bond donors (Lipinski definition) is 1. The van der Waals surface area contributed by atoms with E-state index in [1.807, 2.05) is 60.8 Å². The van der Waals surface area contributed by atoms with E-state index in [9.17, 15) is 9.90 Å². The average molecular weight is 352 g/mol. The summed E-state index contributed by atoms with van der Waals surface area (Å²) in [6.45, 7) is 4.08. The maximum atomic E-state index is 11.6. The summed E-state index contributed by atoms with van der Waals surface area (Å²) in [5, 5.41) is 11.4. The third-order valence-corrected chi connectivity index (χ3v) is 5.09.